The first-order chi connectivity index (χ1) is 9.09. The minimum atomic E-state index is -1.18. The average molecular weight is 382 g/mol. The highest BCUT2D eigenvalue weighted by Gasteiger charge is 2.36. The molecule has 2 aromatic rings. The van der Waals surface area contributed by atoms with E-state index in [4.69, 9.17) is 4.57 Å². The van der Waals surface area contributed by atoms with Crippen LogP contribution in [0.2, 0.25) is 0 Å². The van der Waals surface area contributed by atoms with E-state index in [-0.39, 0.29) is 0 Å². The molecule has 0 atom stereocenters. The van der Waals surface area contributed by atoms with Gasteiger partial charge in [-0.05, 0) is 23.3 Å². The zero-order valence-electron chi connectivity index (χ0n) is 9.68. The van der Waals surface area contributed by atoms with Crippen molar-refractivity contribution in [1.82, 2.24) is 0 Å². The van der Waals surface area contributed by atoms with Crippen molar-refractivity contribution in [3.8, 4) is 11.1 Å². The summed E-state index contributed by atoms with van der Waals surface area (Å²) < 4.78 is 6.77. The average Bonchev–Trinajstić information content (AvgIpc) is 2.47. The molecule has 2 N–H and O–H groups in total. The largest absolute Gasteiger partial charge is 0.479 e. The summed E-state index contributed by atoms with van der Waals surface area (Å²) >= 11 is 6.83. The first-order valence-corrected chi connectivity index (χ1v) is 7.27. The highest BCUT2D eigenvalue weighted by Crippen LogP contribution is 2.26. The summed E-state index contributed by atoms with van der Waals surface area (Å²) in [7, 11) is -2.36. The Morgan fingerprint density at radius 2 is 1.21 bits per heavy atom. The van der Waals surface area contributed by atoms with Crippen LogP contribution in [-0.2, 0) is 4.57 Å². The standard InChI is InChI=1S/C12H8B2Br2O3/c15-9-5-1-3-7-8-4-2-6-10(16)12(8)14(18)19-13(17)11(7)9/h1-6,17-18H. The van der Waals surface area contributed by atoms with Gasteiger partial charge in [0.05, 0.1) is 0 Å². The second-order valence-electron chi connectivity index (χ2n) is 4.24. The minimum absolute atomic E-state index is 0.624. The molecule has 0 spiro atoms. The molecule has 0 saturated carbocycles. The van der Waals surface area contributed by atoms with Crippen LogP contribution in [0.4, 0.5) is 0 Å². The van der Waals surface area contributed by atoms with Crippen LogP contribution in [-0.4, -0.2) is 24.3 Å². The molecule has 0 bridgehead atoms. The van der Waals surface area contributed by atoms with Crippen molar-refractivity contribution < 1.29 is 14.6 Å². The highest BCUT2D eigenvalue weighted by atomic mass is 79.9. The lowest BCUT2D eigenvalue weighted by Gasteiger charge is -2.11. The normalized spacial score (nSPS) is 13.9. The van der Waals surface area contributed by atoms with Gasteiger partial charge in [-0.2, -0.15) is 0 Å². The zero-order chi connectivity index (χ0) is 13.6. The van der Waals surface area contributed by atoms with Gasteiger partial charge in [-0.15, -0.1) is 0 Å². The first kappa shape index (κ1) is 13.4. The van der Waals surface area contributed by atoms with Gasteiger partial charge >= 0.3 is 14.2 Å². The predicted molar refractivity (Wildman–Crippen MR) is 83.6 cm³/mol. The van der Waals surface area contributed by atoms with Crippen molar-refractivity contribution in [2.45, 2.75) is 0 Å². The third-order valence-electron chi connectivity index (χ3n) is 3.15. The lowest BCUT2D eigenvalue weighted by atomic mass is 9.74. The van der Waals surface area contributed by atoms with Gasteiger partial charge in [-0.25, -0.2) is 0 Å². The molecule has 1 heterocycles. The topological polar surface area (TPSA) is 49.7 Å². The van der Waals surface area contributed by atoms with E-state index < -0.39 is 14.2 Å². The molecular weight excluding hydrogens is 374 g/mol. The third-order valence-corrected chi connectivity index (χ3v) is 4.53. The van der Waals surface area contributed by atoms with E-state index in [9.17, 15) is 10.0 Å². The third kappa shape index (κ3) is 2.19. The fraction of sp³-hybridized carbons (Fsp3) is 0. The predicted octanol–water partition coefficient (Wildman–Crippen LogP) is 1.28. The van der Waals surface area contributed by atoms with Crippen molar-refractivity contribution in [1.29, 1.82) is 0 Å². The van der Waals surface area contributed by atoms with Crippen LogP contribution >= 0.6 is 31.9 Å². The van der Waals surface area contributed by atoms with E-state index in [2.05, 4.69) is 31.9 Å². The Hall–Kier alpha value is -0.590. The highest BCUT2D eigenvalue weighted by molar-refractivity contribution is 9.11. The maximum atomic E-state index is 10.1. The molecule has 1 aliphatic rings. The molecule has 0 aromatic heterocycles. The monoisotopic (exact) mass is 380 g/mol. The molecule has 7 heteroatoms. The van der Waals surface area contributed by atoms with Crippen molar-refractivity contribution in [2.75, 3.05) is 0 Å². The van der Waals surface area contributed by atoms with Gasteiger partial charge in [0.1, 0.15) is 0 Å². The molecule has 0 unspecified atom stereocenters. The maximum absolute atomic E-state index is 10.1. The molecule has 1 aliphatic heterocycles. The molecule has 2 aromatic carbocycles. The van der Waals surface area contributed by atoms with Crippen molar-refractivity contribution in [2.24, 2.45) is 0 Å². The van der Waals surface area contributed by atoms with Gasteiger partial charge in [0.25, 0.3) is 0 Å². The van der Waals surface area contributed by atoms with Crippen LogP contribution in [0.3, 0.4) is 0 Å². The zero-order valence-corrected chi connectivity index (χ0v) is 12.8. The van der Waals surface area contributed by atoms with Crippen molar-refractivity contribution >= 4 is 57.0 Å². The van der Waals surface area contributed by atoms with Crippen LogP contribution in [0.15, 0.2) is 45.3 Å². The SMILES string of the molecule is OB1OB(O)c2c(Br)cccc2-c2cccc(Br)c21. The molecule has 0 saturated heterocycles. The van der Waals surface area contributed by atoms with E-state index >= 15 is 0 Å². The Morgan fingerprint density at radius 1 is 0.789 bits per heavy atom. The van der Waals surface area contributed by atoms with Gasteiger partial charge in [0, 0.05) is 19.9 Å². The number of fused-ring (bicyclic) bond motifs is 3. The molecule has 3 nitrogen and oxygen atoms in total. The molecule has 0 aliphatic carbocycles. The summed E-state index contributed by atoms with van der Waals surface area (Å²) in [5.41, 5.74) is 2.93. The first-order valence-electron chi connectivity index (χ1n) is 5.68. The van der Waals surface area contributed by atoms with Crippen LogP contribution < -0.4 is 10.9 Å². The van der Waals surface area contributed by atoms with E-state index in [1.165, 1.54) is 0 Å². The summed E-state index contributed by atoms with van der Waals surface area (Å²) in [6.45, 7) is 0. The number of rotatable bonds is 0. The Labute approximate surface area is 128 Å². The van der Waals surface area contributed by atoms with Crippen molar-refractivity contribution in [3.63, 3.8) is 0 Å². The summed E-state index contributed by atoms with van der Waals surface area (Å²) in [6.07, 6.45) is 0. The molecule has 19 heavy (non-hydrogen) atoms. The summed E-state index contributed by atoms with van der Waals surface area (Å²) in [5.74, 6) is 0. The molecule has 3 rings (SSSR count). The van der Waals surface area contributed by atoms with Crippen molar-refractivity contribution in [3.05, 3.63) is 45.3 Å². The van der Waals surface area contributed by atoms with Gasteiger partial charge in [0.15, 0.2) is 0 Å². The van der Waals surface area contributed by atoms with Gasteiger partial charge in [-0.3, -0.25) is 0 Å². The molecular formula is C12H8B2Br2O3. The Kier molecular flexibility index (Phi) is 3.57. The fourth-order valence-electron chi connectivity index (χ4n) is 2.30. The Bertz CT molecular complexity index is 595. The van der Waals surface area contributed by atoms with E-state index in [0.29, 0.717) is 10.9 Å². The maximum Gasteiger partial charge on any atom is 0.479 e. The molecule has 0 radical (unpaired) electrons. The van der Waals surface area contributed by atoms with Gasteiger partial charge in [0.2, 0.25) is 0 Å². The lowest BCUT2D eigenvalue weighted by Crippen LogP contribution is -2.43. The van der Waals surface area contributed by atoms with Gasteiger partial charge < -0.3 is 14.6 Å². The lowest BCUT2D eigenvalue weighted by molar-refractivity contribution is 0.379. The summed E-state index contributed by atoms with van der Waals surface area (Å²) in [5, 5.41) is 20.3. The quantitative estimate of drug-likeness (QED) is 0.676. The minimum Gasteiger partial charge on any atom is -0.443 e. The second-order valence-corrected chi connectivity index (χ2v) is 5.95. The smallest absolute Gasteiger partial charge is 0.443 e. The molecule has 94 valence electrons. The second kappa shape index (κ2) is 5.07. The number of benzene rings is 2. The van der Waals surface area contributed by atoms with E-state index in [1.807, 2.05) is 36.4 Å². The van der Waals surface area contributed by atoms with Crippen LogP contribution in [0.5, 0.6) is 0 Å². The number of halogens is 2. The Balaban J connectivity index is 2.37. The van der Waals surface area contributed by atoms with Crippen LogP contribution in [0.1, 0.15) is 0 Å². The van der Waals surface area contributed by atoms with E-state index in [0.717, 1.165) is 20.1 Å². The fourth-order valence-corrected chi connectivity index (χ4v) is 3.43. The number of hydrogen-bond acceptors (Lipinski definition) is 3. The summed E-state index contributed by atoms with van der Waals surface area (Å²) in [6, 6.07) is 11.2. The summed E-state index contributed by atoms with van der Waals surface area (Å²) in [4.78, 5) is 0. The molecule has 0 amide bonds. The molecule has 0 fully saturated rings. The van der Waals surface area contributed by atoms with Gasteiger partial charge in [-0.1, -0.05) is 56.1 Å². The number of hydrogen-bond donors (Lipinski definition) is 2. The van der Waals surface area contributed by atoms with E-state index in [1.54, 1.807) is 0 Å². The van der Waals surface area contributed by atoms with Crippen LogP contribution in [0, 0.1) is 0 Å². The van der Waals surface area contributed by atoms with Crippen LogP contribution in [0.25, 0.3) is 11.1 Å². The Morgan fingerprint density at radius 3 is 1.63 bits per heavy atom.